The summed E-state index contributed by atoms with van der Waals surface area (Å²) in [5.74, 6) is 0.938. The zero-order valence-electron chi connectivity index (χ0n) is 24.2. The maximum Gasteiger partial charge on any atom is 0.417 e. The van der Waals surface area contributed by atoms with Gasteiger partial charge in [-0.1, -0.05) is 6.07 Å². The summed E-state index contributed by atoms with van der Waals surface area (Å²) < 4.78 is 38.9. The number of nitriles is 1. The highest BCUT2D eigenvalue weighted by Gasteiger charge is 2.31. The van der Waals surface area contributed by atoms with Crippen molar-refractivity contribution in [1.82, 2.24) is 14.4 Å². The van der Waals surface area contributed by atoms with E-state index >= 15 is 4.39 Å². The molecule has 218 valence electrons. The predicted molar refractivity (Wildman–Crippen MR) is 153 cm³/mol. The quantitative estimate of drug-likeness (QED) is 0.250. The number of hydrogen-bond donors (Lipinski definition) is 0. The van der Waals surface area contributed by atoms with E-state index in [0.717, 1.165) is 11.1 Å². The maximum atomic E-state index is 15.2. The minimum absolute atomic E-state index is 0.130. The lowest BCUT2D eigenvalue weighted by atomic mass is 10.0. The van der Waals surface area contributed by atoms with Gasteiger partial charge in [0.2, 0.25) is 5.95 Å². The minimum Gasteiger partial charge on any atom is -0.493 e. The summed E-state index contributed by atoms with van der Waals surface area (Å²) in [4.78, 5) is 24.1. The first-order valence-corrected chi connectivity index (χ1v) is 13.5. The number of halogens is 1. The molecule has 0 atom stereocenters. The van der Waals surface area contributed by atoms with Crippen LogP contribution in [0.25, 0.3) is 16.8 Å². The summed E-state index contributed by atoms with van der Waals surface area (Å²) in [6.45, 7) is 8.33. The van der Waals surface area contributed by atoms with Crippen LogP contribution in [0.5, 0.6) is 11.5 Å². The van der Waals surface area contributed by atoms with Crippen molar-refractivity contribution in [3.05, 3.63) is 70.9 Å². The molecule has 2 aromatic carbocycles. The summed E-state index contributed by atoms with van der Waals surface area (Å²) in [5.41, 5.74) is 3.08. The zero-order chi connectivity index (χ0) is 30.0. The molecule has 42 heavy (non-hydrogen) atoms. The van der Waals surface area contributed by atoms with E-state index in [0.29, 0.717) is 60.1 Å². The molecular weight excluding hydrogens is 541 g/mol. The first-order chi connectivity index (χ1) is 20.1. The molecule has 0 unspecified atom stereocenters. The lowest BCUT2D eigenvalue weighted by Crippen LogP contribution is -2.38. The lowest BCUT2D eigenvalue weighted by molar-refractivity contribution is 0.0574. The van der Waals surface area contributed by atoms with Crippen LogP contribution >= 0.6 is 0 Å². The molecule has 1 amide bonds. The van der Waals surface area contributed by atoms with Gasteiger partial charge in [-0.15, -0.1) is 0 Å². The number of hydrogen-bond acceptors (Lipinski definition) is 8. The second kappa shape index (κ2) is 11.7. The zero-order valence-corrected chi connectivity index (χ0v) is 24.2. The summed E-state index contributed by atoms with van der Waals surface area (Å²) in [6.07, 6.45) is 2.89. The Bertz CT molecular complexity index is 1690. The first kappa shape index (κ1) is 28.8. The fraction of sp³-hybridized carbons (Fsp3) is 0.355. The van der Waals surface area contributed by atoms with Gasteiger partial charge in [0.05, 0.1) is 26.0 Å². The normalized spacial score (nSPS) is 12.5. The number of carbonyl (C=O) groups is 1. The number of carbonyl (C=O) groups excluding carboxylic acids is 1. The van der Waals surface area contributed by atoms with Crippen LogP contribution < -0.4 is 14.4 Å². The Balaban J connectivity index is 1.62. The van der Waals surface area contributed by atoms with Gasteiger partial charge in [-0.2, -0.15) is 5.26 Å². The van der Waals surface area contributed by atoms with Crippen molar-refractivity contribution < 1.29 is 28.1 Å². The van der Waals surface area contributed by atoms with Crippen LogP contribution in [0.1, 0.15) is 43.2 Å². The highest BCUT2D eigenvalue weighted by Crippen LogP contribution is 2.35. The maximum absolute atomic E-state index is 15.2. The van der Waals surface area contributed by atoms with Crippen LogP contribution in [0.15, 0.2) is 42.7 Å². The third-order valence-corrected chi connectivity index (χ3v) is 6.74. The van der Waals surface area contributed by atoms with E-state index in [1.165, 1.54) is 17.2 Å². The van der Waals surface area contributed by atoms with Gasteiger partial charge in [-0.3, -0.25) is 4.40 Å². The van der Waals surface area contributed by atoms with Crippen LogP contribution in [0.4, 0.5) is 15.1 Å². The monoisotopic (exact) mass is 573 g/mol. The summed E-state index contributed by atoms with van der Waals surface area (Å²) in [7, 11) is 1.61. The van der Waals surface area contributed by atoms with Gasteiger partial charge in [0.1, 0.15) is 35.6 Å². The molecule has 2 aromatic heterocycles. The van der Waals surface area contributed by atoms with Crippen molar-refractivity contribution >= 4 is 17.7 Å². The summed E-state index contributed by atoms with van der Waals surface area (Å²) in [5, 5.41) is 9.72. The van der Waals surface area contributed by atoms with Crippen molar-refractivity contribution in [2.45, 2.75) is 46.3 Å². The number of aromatic nitrogens is 3. The van der Waals surface area contributed by atoms with E-state index in [2.05, 4.69) is 16.0 Å². The van der Waals surface area contributed by atoms with Crippen LogP contribution in [-0.2, 0) is 22.4 Å². The Kier molecular flexibility index (Phi) is 8.00. The first-order valence-electron chi connectivity index (χ1n) is 13.5. The number of ether oxygens (including phenoxy) is 4. The topological polar surface area (TPSA) is 111 Å². The Morgan fingerprint density at radius 1 is 1.21 bits per heavy atom. The van der Waals surface area contributed by atoms with Crippen LogP contribution in [-0.4, -0.2) is 53.0 Å². The van der Waals surface area contributed by atoms with E-state index in [9.17, 15) is 10.1 Å². The molecule has 11 heteroatoms. The lowest BCUT2D eigenvalue weighted by Gasteiger charge is -2.28. The van der Waals surface area contributed by atoms with Crippen molar-refractivity contribution in [3.8, 4) is 28.7 Å². The molecule has 5 rings (SSSR count). The summed E-state index contributed by atoms with van der Waals surface area (Å²) in [6, 6.07) is 10.6. The Hall–Kier alpha value is -4.69. The average Bonchev–Trinajstić information content (AvgIpc) is 3.59. The number of benzene rings is 2. The van der Waals surface area contributed by atoms with E-state index in [1.807, 2.05) is 25.1 Å². The van der Waals surface area contributed by atoms with Crippen LogP contribution in [0.2, 0.25) is 0 Å². The molecule has 0 spiro atoms. The molecule has 10 nitrogen and oxygen atoms in total. The molecule has 3 heterocycles. The number of aryl methyl sites for hydroxylation is 1. The smallest absolute Gasteiger partial charge is 0.417 e. The largest absolute Gasteiger partial charge is 0.493 e. The van der Waals surface area contributed by atoms with Crippen LogP contribution in [0.3, 0.4) is 0 Å². The number of fused-ring (bicyclic) bond motifs is 2. The van der Waals surface area contributed by atoms with Crippen molar-refractivity contribution in [3.63, 3.8) is 0 Å². The number of methoxy groups -OCH3 is 1. The fourth-order valence-corrected chi connectivity index (χ4v) is 4.86. The molecule has 1 aliphatic rings. The number of imidazole rings is 1. The molecule has 0 radical (unpaired) electrons. The Morgan fingerprint density at radius 2 is 2.02 bits per heavy atom. The highest BCUT2D eigenvalue weighted by molar-refractivity contribution is 5.88. The minimum atomic E-state index is -0.828. The number of nitrogens with zero attached hydrogens (tertiary/aromatic N) is 5. The fourth-order valence-electron chi connectivity index (χ4n) is 4.86. The van der Waals surface area contributed by atoms with Gasteiger partial charge < -0.3 is 18.9 Å². The second-order valence-electron chi connectivity index (χ2n) is 10.9. The van der Waals surface area contributed by atoms with Crippen molar-refractivity contribution in [1.29, 1.82) is 5.26 Å². The third kappa shape index (κ3) is 5.85. The summed E-state index contributed by atoms with van der Waals surface area (Å²) >= 11 is 0. The van der Waals surface area contributed by atoms with E-state index in [1.54, 1.807) is 44.5 Å². The molecule has 0 saturated carbocycles. The van der Waals surface area contributed by atoms with Gasteiger partial charge in [-0.25, -0.2) is 24.1 Å². The number of amides is 1. The highest BCUT2D eigenvalue weighted by atomic mass is 19.1. The predicted octanol–water partition coefficient (Wildman–Crippen LogP) is 5.62. The molecule has 0 bridgehead atoms. The van der Waals surface area contributed by atoms with E-state index in [4.69, 9.17) is 18.9 Å². The average molecular weight is 574 g/mol. The molecular formula is C31H32FN5O5. The van der Waals surface area contributed by atoms with Gasteiger partial charge in [-0.05, 0) is 63.1 Å². The second-order valence-corrected chi connectivity index (χ2v) is 10.9. The van der Waals surface area contributed by atoms with Gasteiger partial charge in [0.15, 0.2) is 11.3 Å². The van der Waals surface area contributed by atoms with Crippen LogP contribution in [0, 0.1) is 24.1 Å². The number of rotatable bonds is 8. The van der Waals surface area contributed by atoms with Crippen molar-refractivity contribution in [2.24, 2.45) is 0 Å². The molecule has 0 saturated heterocycles. The molecule has 4 aromatic rings. The molecule has 1 aliphatic heterocycles. The third-order valence-electron chi connectivity index (χ3n) is 6.74. The number of anilines is 1. The van der Waals surface area contributed by atoms with Gasteiger partial charge in [0, 0.05) is 36.4 Å². The standard InChI is InChI=1S/C31H32FN5O5/c1-19-14-21(40-13-12-39-5)6-7-22(19)24-16-34-29(36-17-20(15-33)35-28(24)36)37(30(38)42-31(2,3)4)18-25-23-10-11-41-27(23)9-8-26(25)32/h6-9,14,16-17H,10-13,18H2,1-5H3. The van der Waals surface area contributed by atoms with Gasteiger partial charge in [0.25, 0.3) is 0 Å². The van der Waals surface area contributed by atoms with Crippen molar-refractivity contribution in [2.75, 3.05) is 31.8 Å². The Morgan fingerprint density at radius 3 is 2.74 bits per heavy atom. The Labute approximate surface area is 243 Å². The molecule has 0 N–H and O–H groups in total. The molecule has 0 fully saturated rings. The van der Waals surface area contributed by atoms with E-state index in [-0.39, 0.29) is 18.2 Å². The van der Waals surface area contributed by atoms with E-state index < -0.39 is 17.5 Å². The molecule has 0 aliphatic carbocycles. The van der Waals surface area contributed by atoms with Gasteiger partial charge >= 0.3 is 6.09 Å². The SMILES string of the molecule is COCCOc1ccc(-c2cnc(N(Cc3c(F)ccc4c3CCO4)C(=O)OC(C)(C)C)n3cc(C#N)nc23)c(C)c1.